The average molecular weight is 330 g/mol. The standard InChI is InChI=1S/C8H17N.C8H8.C4H2O3/c1-7(2)5-8(3,4)6-9;1-2-8-6-4-3-5-7-8;5-3-1-2-4(6)7-3/h1,5-6,9H2,2-4H3;2-7H,1H2;1-2H/p+1. The van der Waals surface area contributed by atoms with Gasteiger partial charge in [0, 0.05) is 17.6 Å². The van der Waals surface area contributed by atoms with E-state index in [4.69, 9.17) is 0 Å². The smallest absolute Gasteiger partial charge is 0.338 e. The monoisotopic (exact) mass is 330 g/mol. The van der Waals surface area contributed by atoms with Crippen LogP contribution in [0.4, 0.5) is 0 Å². The highest BCUT2D eigenvalue weighted by atomic mass is 16.6. The van der Waals surface area contributed by atoms with Crippen molar-refractivity contribution in [3.8, 4) is 0 Å². The van der Waals surface area contributed by atoms with Crippen LogP contribution in [0, 0.1) is 5.41 Å². The number of cyclic esters (lactones) is 2. The van der Waals surface area contributed by atoms with Gasteiger partial charge in [-0.05, 0) is 18.9 Å². The summed E-state index contributed by atoms with van der Waals surface area (Å²) in [5.41, 5.74) is 6.65. The number of rotatable bonds is 4. The molecule has 0 radical (unpaired) electrons. The molecule has 0 fully saturated rings. The first-order valence-electron chi connectivity index (χ1n) is 7.75. The van der Waals surface area contributed by atoms with Crippen LogP contribution in [-0.2, 0) is 14.3 Å². The van der Waals surface area contributed by atoms with Gasteiger partial charge < -0.3 is 10.5 Å². The Hall–Kier alpha value is -2.46. The van der Waals surface area contributed by atoms with Crippen LogP contribution in [0.3, 0.4) is 0 Å². The number of hydrogen-bond donors (Lipinski definition) is 1. The number of allylic oxidation sites excluding steroid dienone is 1. The van der Waals surface area contributed by atoms with Gasteiger partial charge in [0.25, 0.3) is 0 Å². The van der Waals surface area contributed by atoms with Crippen LogP contribution in [0.5, 0.6) is 0 Å². The molecule has 1 aromatic carbocycles. The summed E-state index contributed by atoms with van der Waals surface area (Å²) in [7, 11) is 0. The summed E-state index contributed by atoms with van der Waals surface area (Å²) < 4.78 is 3.97. The molecule has 3 N–H and O–H groups in total. The molecule has 1 aromatic rings. The Balaban J connectivity index is 0.000000332. The molecule has 0 saturated heterocycles. The molecule has 0 spiro atoms. The summed E-state index contributed by atoms with van der Waals surface area (Å²) in [6.45, 7) is 15.0. The first-order chi connectivity index (χ1) is 11.2. The molecular formula is C20H28NO3+. The Kier molecular flexibility index (Phi) is 9.99. The van der Waals surface area contributed by atoms with Gasteiger partial charge in [-0.25, -0.2) is 9.59 Å². The second-order valence-electron chi connectivity index (χ2n) is 6.24. The maximum atomic E-state index is 9.92. The van der Waals surface area contributed by atoms with Gasteiger partial charge in [-0.15, -0.1) is 6.58 Å². The third kappa shape index (κ3) is 11.2. The SMILES string of the molecule is C=C(C)CC(C)(C)C[NH3+].C=Cc1ccccc1.O=C1C=CC(=O)O1. The largest absolute Gasteiger partial charge is 0.387 e. The van der Waals surface area contributed by atoms with Crippen LogP contribution in [0.15, 0.2) is 61.2 Å². The van der Waals surface area contributed by atoms with Crippen molar-refractivity contribution in [2.45, 2.75) is 27.2 Å². The predicted octanol–water partition coefficient (Wildman–Crippen LogP) is 3.18. The molecular weight excluding hydrogens is 302 g/mol. The van der Waals surface area contributed by atoms with Crippen molar-refractivity contribution in [1.29, 1.82) is 0 Å². The molecule has 0 aromatic heterocycles. The number of ether oxygens (including phenoxy) is 1. The van der Waals surface area contributed by atoms with Gasteiger partial charge >= 0.3 is 11.9 Å². The maximum absolute atomic E-state index is 9.92. The maximum Gasteiger partial charge on any atom is 0.338 e. The fourth-order valence-electron chi connectivity index (χ4n) is 1.80. The zero-order valence-electron chi connectivity index (χ0n) is 14.9. The highest BCUT2D eigenvalue weighted by Crippen LogP contribution is 2.21. The number of carbonyl (C=O) groups excluding carboxylic acids is 2. The minimum absolute atomic E-state index is 0.353. The van der Waals surface area contributed by atoms with Gasteiger partial charge in [0.05, 0.1) is 6.54 Å². The van der Waals surface area contributed by atoms with Gasteiger partial charge in [0.1, 0.15) is 0 Å². The number of carbonyl (C=O) groups is 2. The molecule has 0 bridgehead atoms. The molecule has 0 atom stereocenters. The Morgan fingerprint density at radius 1 is 1.17 bits per heavy atom. The lowest BCUT2D eigenvalue weighted by molar-refractivity contribution is -0.389. The summed E-state index contributed by atoms with van der Waals surface area (Å²) in [5, 5.41) is 0. The van der Waals surface area contributed by atoms with E-state index in [1.807, 2.05) is 36.4 Å². The quantitative estimate of drug-likeness (QED) is 0.523. The molecule has 0 amide bonds. The number of benzene rings is 1. The van der Waals surface area contributed by atoms with Crippen LogP contribution < -0.4 is 5.73 Å². The zero-order valence-corrected chi connectivity index (χ0v) is 14.9. The van der Waals surface area contributed by atoms with Crippen LogP contribution in [0.2, 0.25) is 0 Å². The fourth-order valence-corrected chi connectivity index (χ4v) is 1.80. The molecule has 0 unspecified atom stereocenters. The Morgan fingerprint density at radius 3 is 1.88 bits per heavy atom. The van der Waals surface area contributed by atoms with E-state index in [0.29, 0.717) is 5.41 Å². The zero-order chi connectivity index (χ0) is 18.6. The molecule has 0 aliphatic carbocycles. The molecule has 130 valence electrons. The predicted molar refractivity (Wildman–Crippen MR) is 97.7 cm³/mol. The van der Waals surface area contributed by atoms with E-state index >= 15 is 0 Å². The Labute approximate surface area is 144 Å². The summed E-state index contributed by atoms with van der Waals surface area (Å²) in [4.78, 5) is 19.8. The van der Waals surface area contributed by atoms with E-state index in [9.17, 15) is 9.59 Å². The number of quaternary nitrogens is 1. The molecule has 1 heterocycles. The lowest BCUT2D eigenvalue weighted by Gasteiger charge is -2.19. The van der Waals surface area contributed by atoms with Gasteiger partial charge in [0.2, 0.25) is 0 Å². The van der Waals surface area contributed by atoms with Crippen molar-refractivity contribution in [3.63, 3.8) is 0 Å². The lowest BCUT2D eigenvalue weighted by Crippen LogP contribution is -2.56. The first-order valence-corrected chi connectivity index (χ1v) is 7.75. The van der Waals surface area contributed by atoms with Crippen LogP contribution in [0.1, 0.15) is 32.8 Å². The van der Waals surface area contributed by atoms with E-state index in [2.05, 4.69) is 44.4 Å². The number of esters is 2. The highest BCUT2D eigenvalue weighted by molar-refractivity contribution is 6.04. The molecule has 1 aliphatic heterocycles. The van der Waals surface area contributed by atoms with Crippen LogP contribution >= 0.6 is 0 Å². The molecule has 2 rings (SSSR count). The van der Waals surface area contributed by atoms with Crippen LogP contribution in [0.25, 0.3) is 6.08 Å². The third-order valence-corrected chi connectivity index (χ3v) is 3.05. The van der Waals surface area contributed by atoms with Crippen molar-refractivity contribution in [2.75, 3.05) is 6.54 Å². The first kappa shape index (κ1) is 21.5. The normalized spacial score (nSPS) is 12.3. The average Bonchev–Trinajstić information content (AvgIpc) is 2.91. The molecule has 4 nitrogen and oxygen atoms in total. The summed E-state index contributed by atoms with van der Waals surface area (Å²) in [5.74, 6) is -1.16. The van der Waals surface area contributed by atoms with Gasteiger partial charge in [-0.3, -0.25) is 0 Å². The Bertz CT molecular complexity index is 570. The highest BCUT2D eigenvalue weighted by Gasteiger charge is 2.17. The van der Waals surface area contributed by atoms with Crippen molar-refractivity contribution in [2.24, 2.45) is 5.41 Å². The third-order valence-electron chi connectivity index (χ3n) is 3.05. The summed E-state index contributed by atoms with van der Waals surface area (Å²) >= 11 is 0. The van der Waals surface area contributed by atoms with Gasteiger partial charge in [-0.2, -0.15) is 0 Å². The molecule has 4 heteroatoms. The van der Waals surface area contributed by atoms with E-state index < -0.39 is 11.9 Å². The lowest BCUT2D eigenvalue weighted by atomic mass is 9.87. The molecule has 1 aliphatic rings. The van der Waals surface area contributed by atoms with Crippen molar-refractivity contribution >= 4 is 18.0 Å². The fraction of sp³-hybridized carbons (Fsp3) is 0.300. The number of hydrogen-bond acceptors (Lipinski definition) is 3. The molecule has 24 heavy (non-hydrogen) atoms. The van der Waals surface area contributed by atoms with E-state index in [0.717, 1.165) is 25.1 Å². The van der Waals surface area contributed by atoms with E-state index in [1.165, 1.54) is 11.1 Å². The minimum Gasteiger partial charge on any atom is -0.387 e. The topological polar surface area (TPSA) is 71.0 Å². The van der Waals surface area contributed by atoms with Crippen molar-refractivity contribution < 1.29 is 20.1 Å². The summed E-state index contributed by atoms with van der Waals surface area (Å²) in [6, 6.07) is 10.0. The van der Waals surface area contributed by atoms with Crippen molar-refractivity contribution in [1.82, 2.24) is 0 Å². The van der Waals surface area contributed by atoms with Gasteiger partial charge in [0.15, 0.2) is 0 Å². The van der Waals surface area contributed by atoms with E-state index in [1.54, 1.807) is 0 Å². The van der Waals surface area contributed by atoms with E-state index in [-0.39, 0.29) is 0 Å². The van der Waals surface area contributed by atoms with Gasteiger partial charge in [-0.1, -0.05) is 62.4 Å². The molecule has 0 saturated carbocycles. The second-order valence-corrected chi connectivity index (χ2v) is 6.24. The van der Waals surface area contributed by atoms with Crippen LogP contribution in [-0.4, -0.2) is 18.5 Å². The van der Waals surface area contributed by atoms with Crippen molar-refractivity contribution in [3.05, 3.63) is 66.8 Å². The Morgan fingerprint density at radius 2 is 1.67 bits per heavy atom. The summed E-state index contributed by atoms with van der Waals surface area (Å²) in [6.07, 6.45) is 5.10. The second kappa shape index (κ2) is 11.1. The minimum atomic E-state index is -0.579.